The van der Waals surface area contributed by atoms with E-state index in [0.29, 0.717) is 13.2 Å². The van der Waals surface area contributed by atoms with E-state index in [-0.39, 0.29) is 12.6 Å². The van der Waals surface area contributed by atoms with Gasteiger partial charge in [0.05, 0.1) is 19.3 Å². The van der Waals surface area contributed by atoms with Gasteiger partial charge < -0.3 is 14.8 Å². The van der Waals surface area contributed by atoms with Crippen molar-refractivity contribution in [2.75, 3.05) is 33.9 Å². The molecule has 0 spiro atoms. The van der Waals surface area contributed by atoms with Gasteiger partial charge >= 0.3 is 0 Å². The van der Waals surface area contributed by atoms with Crippen molar-refractivity contribution < 1.29 is 18.3 Å². The molecule has 0 aromatic carbocycles. The maximum atomic E-state index is 11.6. The molecule has 0 aliphatic rings. The minimum absolute atomic E-state index is 0.159. The van der Waals surface area contributed by atoms with Crippen LogP contribution in [0.15, 0.2) is 0 Å². The molecule has 0 radical (unpaired) electrons. The number of nitrogens with one attached hydrogen (secondary N) is 1. The van der Waals surface area contributed by atoms with Gasteiger partial charge in [-0.05, 0) is 0 Å². The van der Waals surface area contributed by atoms with Gasteiger partial charge in [0.2, 0.25) is 0 Å². The molecule has 0 saturated heterocycles. The van der Waals surface area contributed by atoms with E-state index < -0.39 is 6.43 Å². The van der Waals surface area contributed by atoms with Gasteiger partial charge in [-0.15, -0.1) is 0 Å². The molecule has 0 saturated carbocycles. The average molecular weight is 183 g/mol. The zero-order valence-electron chi connectivity index (χ0n) is 7.35. The third-order valence-electron chi connectivity index (χ3n) is 1.36. The van der Waals surface area contributed by atoms with Crippen LogP contribution in [0.4, 0.5) is 8.78 Å². The summed E-state index contributed by atoms with van der Waals surface area (Å²) in [5.41, 5.74) is 0. The van der Waals surface area contributed by atoms with E-state index in [1.54, 1.807) is 7.11 Å². The highest BCUT2D eigenvalue weighted by molar-refractivity contribution is 4.60. The molecule has 1 atom stereocenters. The molecule has 3 nitrogen and oxygen atoms in total. The Morgan fingerprint density at radius 3 is 2.33 bits per heavy atom. The maximum absolute atomic E-state index is 11.6. The highest BCUT2D eigenvalue weighted by atomic mass is 19.3. The van der Waals surface area contributed by atoms with Gasteiger partial charge in [0.25, 0.3) is 6.43 Å². The van der Waals surface area contributed by atoms with Crippen molar-refractivity contribution in [1.29, 1.82) is 0 Å². The Bertz CT molecular complexity index is 103. The largest absolute Gasteiger partial charge is 0.382 e. The molecule has 0 aromatic heterocycles. The van der Waals surface area contributed by atoms with Crippen LogP contribution < -0.4 is 5.32 Å². The molecule has 1 unspecified atom stereocenters. The average Bonchev–Trinajstić information content (AvgIpc) is 2.02. The first-order chi connectivity index (χ1) is 5.70. The van der Waals surface area contributed by atoms with Crippen LogP contribution in [0, 0.1) is 0 Å². The molecule has 1 N–H and O–H groups in total. The number of hydrogen-bond acceptors (Lipinski definition) is 3. The summed E-state index contributed by atoms with van der Waals surface area (Å²) in [6.45, 7) is 0.491. The van der Waals surface area contributed by atoms with Crippen LogP contribution in [0.1, 0.15) is 0 Å². The van der Waals surface area contributed by atoms with E-state index in [1.165, 1.54) is 7.11 Å². The van der Waals surface area contributed by atoms with E-state index in [1.807, 2.05) is 0 Å². The fraction of sp³-hybridized carbons (Fsp3) is 1.00. The standard InChI is InChI=1S/C7H15F2NO2/c1-11-5-6(12-2)3-10-4-7(8)9/h6-7,10H,3-5H2,1-2H3. The first kappa shape index (κ1) is 11.7. The van der Waals surface area contributed by atoms with Crippen molar-refractivity contribution in [3.63, 3.8) is 0 Å². The van der Waals surface area contributed by atoms with Crippen molar-refractivity contribution in [3.8, 4) is 0 Å². The monoisotopic (exact) mass is 183 g/mol. The second kappa shape index (κ2) is 7.39. The first-order valence-corrected chi connectivity index (χ1v) is 3.71. The van der Waals surface area contributed by atoms with E-state index in [4.69, 9.17) is 9.47 Å². The molecule has 0 amide bonds. The van der Waals surface area contributed by atoms with Crippen LogP contribution in [0.3, 0.4) is 0 Å². The Kier molecular flexibility index (Phi) is 7.23. The summed E-state index contributed by atoms with van der Waals surface area (Å²) in [6, 6.07) is 0. The molecule has 5 heteroatoms. The Hall–Kier alpha value is -0.260. The molecule has 0 rings (SSSR count). The lowest BCUT2D eigenvalue weighted by Gasteiger charge is -2.14. The maximum Gasteiger partial charge on any atom is 0.250 e. The van der Waals surface area contributed by atoms with Crippen LogP contribution in [0.2, 0.25) is 0 Å². The molecule has 0 bridgehead atoms. The van der Waals surface area contributed by atoms with E-state index in [0.717, 1.165) is 0 Å². The van der Waals surface area contributed by atoms with Gasteiger partial charge in [-0.25, -0.2) is 8.78 Å². The van der Waals surface area contributed by atoms with Gasteiger partial charge in [-0.3, -0.25) is 0 Å². The van der Waals surface area contributed by atoms with Crippen LogP contribution in [-0.2, 0) is 9.47 Å². The predicted octanol–water partition coefficient (Wildman–Crippen LogP) is 0.502. The smallest absolute Gasteiger partial charge is 0.250 e. The van der Waals surface area contributed by atoms with E-state index in [2.05, 4.69) is 5.32 Å². The number of halogens is 2. The lowest BCUT2D eigenvalue weighted by Crippen LogP contribution is -2.34. The van der Waals surface area contributed by atoms with E-state index >= 15 is 0 Å². The number of methoxy groups -OCH3 is 2. The zero-order chi connectivity index (χ0) is 9.40. The van der Waals surface area contributed by atoms with Gasteiger partial charge in [-0.1, -0.05) is 0 Å². The lowest BCUT2D eigenvalue weighted by atomic mass is 10.3. The molecule has 0 fully saturated rings. The molecule has 0 aromatic rings. The minimum atomic E-state index is -2.31. The van der Waals surface area contributed by atoms with E-state index in [9.17, 15) is 8.78 Å². The lowest BCUT2D eigenvalue weighted by molar-refractivity contribution is 0.0261. The molecule has 74 valence electrons. The molecule has 12 heavy (non-hydrogen) atoms. The number of ether oxygens (including phenoxy) is 2. The van der Waals surface area contributed by atoms with Crippen LogP contribution in [0.5, 0.6) is 0 Å². The molecular formula is C7H15F2NO2. The topological polar surface area (TPSA) is 30.5 Å². The normalized spacial score (nSPS) is 13.8. The third-order valence-corrected chi connectivity index (χ3v) is 1.36. The SMILES string of the molecule is COCC(CNCC(F)F)OC. The molecular weight excluding hydrogens is 168 g/mol. The Morgan fingerprint density at radius 1 is 1.25 bits per heavy atom. The summed E-state index contributed by atoms with van der Waals surface area (Å²) >= 11 is 0. The van der Waals surface area contributed by atoms with Crippen molar-refractivity contribution in [3.05, 3.63) is 0 Å². The van der Waals surface area contributed by atoms with Gasteiger partial charge in [0.1, 0.15) is 0 Å². The quantitative estimate of drug-likeness (QED) is 0.623. The fourth-order valence-electron chi connectivity index (χ4n) is 0.750. The number of hydrogen-bond donors (Lipinski definition) is 1. The summed E-state index contributed by atoms with van der Waals surface area (Å²) < 4.78 is 33.0. The Balaban J connectivity index is 3.31. The van der Waals surface area contributed by atoms with Crippen LogP contribution in [0.25, 0.3) is 0 Å². The Labute approximate surface area is 71.0 Å². The van der Waals surface area contributed by atoms with Gasteiger partial charge in [0.15, 0.2) is 0 Å². The highest BCUT2D eigenvalue weighted by Crippen LogP contribution is 1.91. The summed E-state index contributed by atoms with van der Waals surface area (Å²) in [4.78, 5) is 0. The second-order valence-corrected chi connectivity index (χ2v) is 2.36. The number of rotatable bonds is 7. The van der Waals surface area contributed by atoms with Crippen molar-refractivity contribution in [2.24, 2.45) is 0 Å². The van der Waals surface area contributed by atoms with Crippen molar-refractivity contribution in [1.82, 2.24) is 5.32 Å². The summed E-state index contributed by atoms with van der Waals surface area (Å²) in [5, 5.41) is 2.57. The van der Waals surface area contributed by atoms with Crippen LogP contribution in [-0.4, -0.2) is 46.4 Å². The van der Waals surface area contributed by atoms with Crippen LogP contribution >= 0.6 is 0 Å². The predicted molar refractivity (Wildman–Crippen MR) is 41.5 cm³/mol. The first-order valence-electron chi connectivity index (χ1n) is 3.71. The minimum Gasteiger partial charge on any atom is -0.382 e. The molecule has 0 heterocycles. The summed E-state index contributed by atoms with van der Waals surface area (Å²) in [6.07, 6.45) is -2.47. The van der Waals surface area contributed by atoms with Gasteiger partial charge in [-0.2, -0.15) is 0 Å². The fourth-order valence-corrected chi connectivity index (χ4v) is 0.750. The summed E-state index contributed by atoms with van der Waals surface area (Å²) in [7, 11) is 3.06. The highest BCUT2D eigenvalue weighted by Gasteiger charge is 2.07. The third kappa shape index (κ3) is 6.45. The Morgan fingerprint density at radius 2 is 1.92 bits per heavy atom. The zero-order valence-corrected chi connectivity index (χ0v) is 7.35. The van der Waals surface area contributed by atoms with Crippen molar-refractivity contribution in [2.45, 2.75) is 12.5 Å². The van der Waals surface area contributed by atoms with Crippen molar-refractivity contribution >= 4 is 0 Å². The second-order valence-electron chi connectivity index (χ2n) is 2.36. The molecule has 0 aliphatic carbocycles. The molecule has 0 aliphatic heterocycles. The number of alkyl halides is 2. The summed E-state index contributed by atoms with van der Waals surface area (Å²) in [5.74, 6) is 0. The van der Waals surface area contributed by atoms with Gasteiger partial charge in [0, 0.05) is 20.8 Å².